The molecule has 176 valence electrons. The van der Waals surface area contributed by atoms with E-state index in [-0.39, 0.29) is 23.9 Å². The van der Waals surface area contributed by atoms with Crippen LogP contribution in [0.1, 0.15) is 41.4 Å². The summed E-state index contributed by atoms with van der Waals surface area (Å²) in [6.45, 7) is 3.43. The van der Waals surface area contributed by atoms with E-state index in [0.717, 1.165) is 28.0 Å². The number of hydrogen-bond acceptors (Lipinski definition) is 5. The average molecular weight is 462 g/mol. The number of amides is 3. The molecule has 3 heterocycles. The number of piperidine rings is 1. The highest BCUT2D eigenvalue weighted by Crippen LogP contribution is 2.32. The molecule has 1 fully saturated rings. The van der Waals surface area contributed by atoms with Gasteiger partial charge in [-0.1, -0.05) is 18.2 Å². The number of nitrogens with one attached hydrogen (secondary N) is 1. The number of nitrogens with zero attached hydrogens (tertiary/aromatic N) is 2. The van der Waals surface area contributed by atoms with E-state index in [1.54, 1.807) is 11.0 Å². The Hall–Kier alpha value is -3.81. The Bertz CT molecular complexity index is 1240. The van der Waals surface area contributed by atoms with Crippen molar-refractivity contribution in [2.45, 2.75) is 38.8 Å². The standard InChI is InChI=1S/C26H27N3O5/c1-17(30)27-11-8-22-15-20-14-18(6-7-24(20)34-22)25(31)28-12-9-21(10-13-28)29-23-5-3-2-4-19(23)16-33-26(29)32/h2-7,14-15,21H,8-13,16H2,1H3,(H,27,30). The van der Waals surface area contributed by atoms with Crippen molar-refractivity contribution in [3.05, 3.63) is 65.4 Å². The van der Waals surface area contributed by atoms with Gasteiger partial charge >= 0.3 is 6.09 Å². The number of hydrogen-bond donors (Lipinski definition) is 1. The van der Waals surface area contributed by atoms with Crippen LogP contribution in [-0.2, 0) is 22.6 Å². The molecule has 8 heteroatoms. The number of ether oxygens (including phenoxy) is 1. The number of carbonyl (C=O) groups is 3. The minimum absolute atomic E-state index is 0.000485. The molecular weight excluding hydrogens is 434 g/mol. The number of likely N-dealkylation sites (tertiary alicyclic amines) is 1. The minimum atomic E-state index is -0.316. The van der Waals surface area contributed by atoms with E-state index < -0.39 is 0 Å². The first-order valence-corrected chi connectivity index (χ1v) is 11.6. The lowest BCUT2D eigenvalue weighted by atomic mass is 10.00. The molecule has 0 saturated carbocycles. The van der Waals surface area contributed by atoms with Crippen LogP contribution < -0.4 is 10.2 Å². The van der Waals surface area contributed by atoms with Crippen molar-refractivity contribution in [1.29, 1.82) is 0 Å². The highest BCUT2D eigenvalue weighted by atomic mass is 16.6. The largest absolute Gasteiger partial charge is 0.461 e. The third-order valence-corrected chi connectivity index (χ3v) is 6.48. The van der Waals surface area contributed by atoms with Crippen LogP contribution in [0.25, 0.3) is 11.0 Å². The molecule has 34 heavy (non-hydrogen) atoms. The normalized spacial score (nSPS) is 16.3. The smallest absolute Gasteiger partial charge is 0.414 e. The summed E-state index contributed by atoms with van der Waals surface area (Å²) in [7, 11) is 0. The molecule has 8 nitrogen and oxygen atoms in total. The molecule has 0 aliphatic carbocycles. The predicted octanol–water partition coefficient (Wildman–Crippen LogP) is 3.87. The molecule has 0 bridgehead atoms. The number of fused-ring (bicyclic) bond motifs is 2. The van der Waals surface area contributed by atoms with E-state index in [9.17, 15) is 14.4 Å². The van der Waals surface area contributed by atoms with Crippen molar-refractivity contribution in [3.63, 3.8) is 0 Å². The fourth-order valence-corrected chi connectivity index (χ4v) is 4.75. The molecule has 0 unspecified atom stereocenters. The van der Waals surface area contributed by atoms with E-state index in [4.69, 9.17) is 9.15 Å². The fourth-order valence-electron chi connectivity index (χ4n) is 4.75. The number of para-hydroxylation sites is 1. The Kier molecular flexibility index (Phi) is 5.96. The van der Waals surface area contributed by atoms with Crippen molar-refractivity contribution in [2.24, 2.45) is 0 Å². The Morgan fingerprint density at radius 3 is 2.68 bits per heavy atom. The number of rotatable bonds is 5. The lowest BCUT2D eigenvalue weighted by Gasteiger charge is -2.40. The van der Waals surface area contributed by atoms with Crippen LogP contribution in [0.3, 0.4) is 0 Å². The van der Waals surface area contributed by atoms with E-state index in [1.807, 2.05) is 47.4 Å². The molecular formula is C26H27N3O5. The second kappa shape index (κ2) is 9.21. The molecule has 2 aliphatic heterocycles. The van der Waals surface area contributed by atoms with Gasteiger partial charge in [0.25, 0.3) is 5.91 Å². The Morgan fingerprint density at radius 2 is 1.88 bits per heavy atom. The lowest BCUT2D eigenvalue weighted by Crippen LogP contribution is -2.50. The van der Waals surface area contributed by atoms with Gasteiger partial charge in [0.1, 0.15) is 18.0 Å². The number of anilines is 1. The summed E-state index contributed by atoms with van der Waals surface area (Å²) in [6.07, 6.45) is 1.66. The van der Waals surface area contributed by atoms with Gasteiger partial charge < -0.3 is 19.4 Å². The lowest BCUT2D eigenvalue weighted by molar-refractivity contribution is -0.118. The van der Waals surface area contributed by atoms with Crippen molar-refractivity contribution in [2.75, 3.05) is 24.5 Å². The highest BCUT2D eigenvalue weighted by Gasteiger charge is 2.35. The minimum Gasteiger partial charge on any atom is -0.461 e. The van der Waals surface area contributed by atoms with Crippen LogP contribution in [0.4, 0.5) is 10.5 Å². The maximum absolute atomic E-state index is 13.2. The van der Waals surface area contributed by atoms with Gasteiger partial charge in [0.05, 0.1) is 5.69 Å². The fraction of sp³-hybridized carbons (Fsp3) is 0.346. The first kappa shape index (κ1) is 22.0. The molecule has 0 radical (unpaired) electrons. The van der Waals surface area contributed by atoms with Gasteiger partial charge in [-0.05, 0) is 43.2 Å². The van der Waals surface area contributed by atoms with Gasteiger partial charge in [-0.2, -0.15) is 0 Å². The van der Waals surface area contributed by atoms with Crippen LogP contribution in [0.15, 0.2) is 52.9 Å². The van der Waals surface area contributed by atoms with E-state index in [0.29, 0.717) is 51.1 Å². The average Bonchev–Trinajstić information content (AvgIpc) is 3.25. The molecule has 1 N–H and O–H groups in total. The van der Waals surface area contributed by atoms with Gasteiger partial charge in [0.15, 0.2) is 0 Å². The van der Waals surface area contributed by atoms with Crippen molar-refractivity contribution >= 4 is 34.6 Å². The van der Waals surface area contributed by atoms with Gasteiger partial charge in [-0.15, -0.1) is 0 Å². The maximum atomic E-state index is 13.2. The Morgan fingerprint density at radius 1 is 1.09 bits per heavy atom. The molecule has 1 saturated heterocycles. The van der Waals surface area contributed by atoms with Crippen LogP contribution in [0.5, 0.6) is 0 Å². The SMILES string of the molecule is CC(=O)NCCc1cc2cc(C(=O)N3CCC(N4C(=O)OCc5ccccc54)CC3)ccc2o1. The van der Waals surface area contributed by atoms with Crippen LogP contribution in [-0.4, -0.2) is 48.5 Å². The first-order valence-electron chi connectivity index (χ1n) is 11.6. The molecule has 5 rings (SSSR count). The third kappa shape index (κ3) is 4.35. The quantitative estimate of drug-likeness (QED) is 0.623. The molecule has 2 aliphatic rings. The number of carbonyl (C=O) groups excluding carboxylic acids is 3. The predicted molar refractivity (Wildman–Crippen MR) is 127 cm³/mol. The second-order valence-electron chi connectivity index (χ2n) is 8.77. The van der Waals surface area contributed by atoms with Gasteiger partial charge in [-0.3, -0.25) is 14.5 Å². The summed E-state index contributed by atoms with van der Waals surface area (Å²) < 4.78 is 11.2. The highest BCUT2D eigenvalue weighted by molar-refractivity contribution is 5.98. The van der Waals surface area contributed by atoms with Crippen LogP contribution in [0.2, 0.25) is 0 Å². The van der Waals surface area contributed by atoms with Gasteiger partial charge in [0, 0.05) is 55.5 Å². The Labute approximate surface area is 197 Å². The van der Waals surface area contributed by atoms with Crippen LogP contribution in [0, 0.1) is 0 Å². The van der Waals surface area contributed by atoms with E-state index >= 15 is 0 Å². The number of furan rings is 1. The van der Waals surface area contributed by atoms with E-state index in [1.165, 1.54) is 6.92 Å². The zero-order valence-corrected chi connectivity index (χ0v) is 19.1. The molecule has 1 aromatic heterocycles. The second-order valence-corrected chi connectivity index (χ2v) is 8.77. The number of benzene rings is 2. The van der Waals surface area contributed by atoms with Crippen molar-refractivity contribution in [1.82, 2.24) is 10.2 Å². The Balaban J connectivity index is 1.24. The van der Waals surface area contributed by atoms with Gasteiger partial charge in [0.2, 0.25) is 5.91 Å². The van der Waals surface area contributed by atoms with Gasteiger partial charge in [-0.25, -0.2) is 4.79 Å². The topological polar surface area (TPSA) is 92.1 Å². The summed E-state index contributed by atoms with van der Waals surface area (Å²) >= 11 is 0. The monoisotopic (exact) mass is 461 g/mol. The third-order valence-electron chi connectivity index (χ3n) is 6.48. The first-order chi connectivity index (χ1) is 16.5. The van der Waals surface area contributed by atoms with E-state index in [2.05, 4.69) is 5.32 Å². The summed E-state index contributed by atoms with van der Waals surface area (Å²) in [4.78, 5) is 40.3. The summed E-state index contributed by atoms with van der Waals surface area (Å²) in [5.74, 6) is 0.667. The summed E-state index contributed by atoms with van der Waals surface area (Å²) in [6, 6.07) is 15.2. The van der Waals surface area contributed by atoms with Crippen LogP contribution >= 0.6 is 0 Å². The maximum Gasteiger partial charge on any atom is 0.414 e. The molecule has 0 spiro atoms. The summed E-state index contributed by atoms with van der Waals surface area (Å²) in [5, 5.41) is 3.62. The molecule has 3 amide bonds. The van der Waals surface area contributed by atoms with Crippen molar-refractivity contribution < 1.29 is 23.5 Å². The molecule has 3 aromatic rings. The van der Waals surface area contributed by atoms with Crippen molar-refractivity contribution in [3.8, 4) is 0 Å². The zero-order chi connectivity index (χ0) is 23.7. The summed E-state index contributed by atoms with van der Waals surface area (Å²) in [5.41, 5.74) is 3.24. The molecule has 0 atom stereocenters. The molecule has 2 aromatic carbocycles. The number of cyclic esters (lactones) is 1. The zero-order valence-electron chi connectivity index (χ0n) is 19.1.